The van der Waals surface area contributed by atoms with Crippen molar-refractivity contribution in [2.24, 2.45) is 0 Å². The molecule has 0 aromatic carbocycles. The molecule has 1 fully saturated rings. The summed E-state index contributed by atoms with van der Waals surface area (Å²) in [5.41, 5.74) is 3.30. The molecule has 0 aliphatic heterocycles. The summed E-state index contributed by atoms with van der Waals surface area (Å²) in [6.07, 6.45) is 5.41. The van der Waals surface area contributed by atoms with Crippen molar-refractivity contribution < 1.29 is 4.74 Å². The highest BCUT2D eigenvalue weighted by Gasteiger charge is 2.22. The first-order valence-corrected chi connectivity index (χ1v) is 8.28. The largest absolute Gasteiger partial charge is 0.378 e. The molecule has 4 nitrogen and oxygen atoms in total. The highest BCUT2D eigenvalue weighted by Crippen LogP contribution is 2.30. The van der Waals surface area contributed by atoms with Crippen LogP contribution in [0.2, 0.25) is 0 Å². The van der Waals surface area contributed by atoms with Crippen molar-refractivity contribution in [3.8, 4) is 10.7 Å². The molecular weight excluding hydrogens is 282 g/mol. The van der Waals surface area contributed by atoms with Crippen LogP contribution in [-0.2, 0) is 24.3 Å². The van der Waals surface area contributed by atoms with Crippen molar-refractivity contribution in [3.63, 3.8) is 0 Å². The fourth-order valence-electron chi connectivity index (χ4n) is 2.31. The number of nitrogens with zero attached hydrogens (tertiary/aromatic N) is 2. The van der Waals surface area contributed by atoms with E-state index in [1.165, 1.54) is 23.3 Å². The Labute approximate surface area is 129 Å². The van der Waals surface area contributed by atoms with E-state index in [9.17, 15) is 0 Å². The van der Waals surface area contributed by atoms with Crippen LogP contribution in [0.3, 0.4) is 0 Å². The third kappa shape index (κ3) is 3.48. The number of nitrogens with one attached hydrogen (secondary N) is 1. The molecule has 0 radical (unpaired) electrons. The van der Waals surface area contributed by atoms with Crippen LogP contribution in [0.5, 0.6) is 0 Å². The van der Waals surface area contributed by atoms with Crippen LogP contribution in [0.25, 0.3) is 10.7 Å². The molecule has 3 rings (SSSR count). The maximum Gasteiger partial charge on any atom is 0.142 e. The van der Waals surface area contributed by atoms with Crippen LogP contribution in [0, 0.1) is 0 Å². The fourth-order valence-corrected chi connectivity index (χ4v) is 3.36. The monoisotopic (exact) mass is 303 g/mol. The molecule has 112 valence electrons. The van der Waals surface area contributed by atoms with Gasteiger partial charge in [0.2, 0.25) is 0 Å². The molecule has 0 bridgehead atoms. The summed E-state index contributed by atoms with van der Waals surface area (Å²) in [6, 6.07) is 4.82. The van der Waals surface area contributed by atoms with E-state index in [4.69, 9.17) is 9.72 Å². The lowest BCUT2D eigenvalue weighted by Crippen LogP contribution is -2.15. The van der Waals surface area contributed by atoms with Crippen molar-refractivity contribution in [2.45, 2.75) is 45.4 Å². The van der Waals surface area contributed by atoms with E-state index in [-0.39, 0.29) is 0 Å². The SMILES string of the molecule is CCc1cccnc1-c1nc(COC)c(CNC2CC2)s1. The van der Waals surface area contributed by atoms with Crippen LogP contribution in [0.4, 0.5) is 0 Å². The van der Waals surface area contributed by atoms with Crippen molar-refractivity contribution in [1.82, 2.24) is 15.3 Å². The van der Waals surface area contributed by atoms with Crippen molar-refractivity contribution in [1.29, 1.82) is 0 Å². The minimum absolute atomic E-state index is 0.562. The molecule has 1 aliphatic rings. The van der Waals surface area contributed by atoms with E-state index in [1.807, 2.05) is 12.3 Å². The van der Waals surface area contributed by atoms with Gasteiger partial charge in [0.05, 0.1) is 12.3 Å². The first-order valence-electron chi connectivity index (χ1n) is 7.47. The van der Waals surface area contributed by atoms with Gasteiger partial charge in [-0.05, 0) is 30.9 Å². The zero-order valence-corrected chi connectivity index (χ0v) is 13.4. The smallest absolute Gasteiger partial charge is 0.142 e. The van der Waals surface area contributed by atoms with Crippen LogP contribution >= 0.6 is 11.3 Å². The normalized spacial score (nSPS) is 14.6. The number of hydrogen-bond donors (Lipinski definition) is 1. The van der Waals surface area contributed by atoms with Gasteiger partial charge in [0, 0.05) is 30.8 Å². The molecule has 0 atom stereocenters. The van der Waals surface area contributed by atoms with Gasteiger partial charge in [-0.2, -0.15) is 0 Å². The molecule has 5 heteroatoms. The Kier molecular flexibility index (Phi) is 4.63. The minimum Gasteiger partial charge on any atom is -0.378 e. The van der Waals surface area contributed by atoms with Gasteiger partial charge in [-0.3, -0.25) is 4.98 Å². The summed E-state index contributed by atoms with van der Waals surface area (Å²) in [6.45, 7) is 3.60. The van der Waals surface area contributed by atoms with Crippen molar-refractivity contribution in [2.75, 3.05) is 7.11 Å². The van der Waals surface area contributed by atoms with Crippen molar-refractivity contribution >= 4 is 11.3 Å². The quantitative estimate of drug-likeness (QED) is 0.853. The summed E-state index contributed by atoms with van der Waals surface area (Å²) >= 11 is 1.74. The predicted octanol–water partition coefficient (Wildman–Crippen LogP) is 3.17. The molecule has 1 aliphatic carbocycles. The molecule has 0 spiro atoms. The molecular formula is C16H21N3OS. The Morgan fingerprint density at radius 2 is 2.29 bits per heavy atom. The first-order chi connectivity index (χ1) is 10.3. The Bertz CT molecular complexity index is 607. The number of rotatable bonds is 7. The van der Waals surface area contributed by atoms with E-state index in [0.29, 0.717) is 12.6 Å². The van der Waals surface area contributed by atoms with Crippen LogP contribution in [0.15, 0.2) is 18.3 Å². The number of pyridine rings is 1. The Morgan fingerprint density at radius 3 is 3.00 bits per heavy atom. The second kappa shape index (κ2) is 6.64. The van der Waals surface area contributed by atoms with Gasteiger partial charge in [-0.25, -0.2) is 4.98 Å². The topological polar surface area (TPSA) is 47.0 Å². The Hall–Kier alpha value is -1.30. The van der Waals surface area contributed by atoms with E-state index in [1.54, 1.807) is 18.4 Å². The second-order valence-corrected chi connectivity index (χ2v) is 6.43. The first kappa shape index (κ1) is 14.6. The number of hydrogen-bond acceptors (Lipinski definition) is 5. The van der Waals surface area contributed by atoms with E-state index in [2.05, 4.69) is 23.3 Å². The number of aromatic nitrogens is 2. The van der Waals surface area contributed by atoms with E-state index < -0.39 is 0 Å². The Morgan fingerprint density at radius 1 is 1.43 bits per heavy atom. The molecule has 0 amide bonds. The third-order valence-electron chi connectivity index (χ3n) is 3.66. The van der Waals surface area contributed by atoms with Crippen LogP contribution in [0.1, 0.15) is 35.9 Å². The number of thiazole rings is 1. The van der Waals surface area contributed by atoms with Gasteiger partial charge in [0.1, 0.15) is 10.7 Å². The molecule has 0 unspecified atom stereocenters. The lowest BCUT2D eigenvalue weighted by atomic mass is 10.1. The number of methoxy groups -OCH3 is 1. The Balaban J connectivity index is 1.88. The average molecular weight is 303 g/mol. The summed E-state index contributed by atoms with van der Waals surface area (Å²) in [5.74, 6) is 0. The highest BCUT2D eigenvalue weighted by molar-refractivity contribution is 7.15. The molecule has 2 aromatic rings. The lowest BCUT2D eigenvalue weighted by molar-refractivity contribution is 0.181. The maximum absolute atomic E-state index is 5.29. The summed E-state index contributed by atoms with van der Waals surface area (Å²) < 4.78 is 5.29. The van der Waals surface area contributed by atoms with Gasteiger partial charge in [0.25, 0.3) is 0 Å². The zero-order chi connectivity index (χ0) is 14.7. The fraction of sp³-hybridized carbons (Fsp3) is 0.500. The van der Waals surface area contributed by atoms with Gasteiger partial charge >= 0.3 is 0 Å². The molecule has 21 heavy (non-hydrogen) atoms. The molecule has 1 N–H and O–H groups in total. The van der Waals surface area contributed by atoms with Gasteiger partial charge in [-0.15, -0.1) is 11.3 Å². The van der Waals surface area contributed by atoms with Gasteiger partial charge < -0.3 is 10.1 Å². The molecule has 2 heterocycles. The average Bonchev–Trinajstić information content (AvgIpc) is 3.26. The summed E-state index contributed by atoms with van der Waals surface area (Å²) in [7, 11) is 1.72. The van der Waals surface area contributed by atoms with Gasteiger partial charge in [0.15, 0.2) is 0 Å². The lowest BCUT2D eigenvalue weighted by Gasteiger charge is -2.02. The van der Waals surface area contributed by atoms with Crippen molar-refractivity contribution in [3.05, 3.63) is 34.5 Å². The highest BCUT2D eigenvalue weighted by atomic mass is 32.1. The molecule has 2 aromatic heterocycles. The van der Waals surface area contributed by atoms with Gasteiger partial charge in [-0.1, -0.05) is 13.0 Å². The maximum atomic E-state index is 5.29. The van der Waals surface area contributed by atoms with Crippen LogP contribution < -0.4 is 5.32 Å². The van der Waals surface area contributed by atoms with E-state index >= 15 is 0 Å². The van der Waals surface area contributed by atoms with E-state index in [0.717, 1.165) is 29.4 Å². The summed E-state index contributed by atoms with van der Waals surface area (Å²) in [4.78, 5) is 10.6. The number of aryl methyl sites for hydroxylation is 1. The number of ether oxygens (including phenoxy) is 1. The molecule has 1 saturated carbocycles. The zero-order valence-electron chi connectivity index (χ0n) is 12.6. The third-order valence-corrected chi connectivity index (χ3v) is 4.77. The summed E-state index contributed by atoms with van der Waals surface area (Å²) in [5, 5.41) is 4.57. The molecule has 0 saturated heterocycles. The standard InChI is InChI=1S/C16H21N3OS/c1-3-11-5-4-8-17-15(11)16-19-13(10-20-2)14(21-16)9-18-12-6-7-12/h4-5,8,12,18H,3,6-7,9-10H2,1-2H3. The van der Waals surface area contributed by atoms with Crippen LogP contribution in [-0.4, -0.2) is 23.1 Å². The predicted molar refractivity (Wildman–Crippen MR) is 85.3 cm³/mol. The minimum atomic E-state index is 0.562. The second-order valence-electron chi connectivity index (χ2n) is 5.34.